The van der Waals surface area contributed by atoms with Gasteiger partial charge in [0.15, 0.2) is 9.76 Å². The molecule has 0 heterocycles. The minimum absolute atomic E-state index is 0.272. The quantitative estimate of drug-likeness (QED) is 0.235. The fourth-order valence-electron chi connectivity index (χ4n) is 2.16. The first-order chi connectivity index (χ1) is 10.4. The van der Waals surface area contributed by atoms with E-state index in [0.29, 0.717) is 13.2 Å². The van der Waals surface area contributed by atoms with Gasteiger partial charge in [0.25, 0.3) is 0 Å². The van der Waals surface area contributed by atoms with E-state index in [2.05, 4.69) is 12.6 Å². The Hall–Kier alpha value is 0.447. The predicted molar refractivity (Wildman–Crippen MR) is 97.4 cm³/mol. The maximum absolute atomic E-state index is 5.73. The van der Waals surface area contributed by atoms with Crippen LogP contribution in [0.4, 0.5) is 0 Å². The topological polar surface area (TPSA) is 27.7 Å². The third-order valence-electron chi connectivity index (χ3n) is 3.46. The summed E-state index contributed by atoms with van der Waals surface area (Å²) >= 11 is 4.23. The Labute approximate surface area is 139 Å². The van der Waals surface area contributed by atoms with E-state index in [4.69, 9.17) is 13.9 Å². The van der Waals surface area contributed by atoms with Crippen molar-refractivity contribution in [1.29, 1.82) is 0 Å². The number of methoxy groups -OCH3 is 1. The first kappa shape index (κ1) is 21.4. The molecule has 0 atom stereocenters. The summed E-state index contributed by atoms with van der Waals surface area (Å²) in [6, 6.07) is 1.34. The molecular formula is C16H36O3SSi. The Morgan fingerprint density at radius 3 is 2.05 bits per heavy atom. The molecule has 0 saturated heterocycles. The van der Waals surface area contributed by atoms with Gasteiger partial charge in [0, 0.05) is 20.3 Å². The molecule has 0 aromatic rings. The molecule has 0 aromatic carbocycles. The second-order valence-corrected chi connectivity index (χ2v) is 7.45. The molecule has 0 N–H and O–H groups in total. The van der Waals surface area contributed by atoms with Crippen LogP contribution in [-0.2, 0) is 13.9 Å². The van der Waals surface area contributed by atoms with Gasteiger partial charge in [0.2, 0.25) is 0 Å². The zero-order valence-electron chi connectivity index (χ0n) is 14.0. The lowest BCUT2D eigenvalue weighted by molar-refractivity contribution is 0.0646. The molecule has 0 saturated carbocycles. The molecule has 0 amide bonds. The van der Waals surface area contributed by atoms with Gasteiger partial charge in [-0.15, -0.1) is 0 Å². The van der Waals surface area contributed by atoms with Crippen molar-refractivity contribution in [3.05, 3.63) is 0 Å². The van der Waals surface area contributed by atoms with Crippen LogP contribution in [0.25, 0.3) is 0 Å². The number of unbranched alkanes of at least 4 members (excludes halogenated alkanes) is 7. The van der Waals surface area contributed by atoms with E-state index in [-0.39, 0.29) is 9.76 Å². The Morgan fingerprint density at radius 2 is 1.38 bits per heavy atom. The van der Waals surface area contributed by atoms with Gasteiger partial charge < -0.3 is 13.9 Å². The van der Waals surface area contributed by atoms with E-state index in [1.54, 1.807) is 7.11 Å². The summed E-state index contributed by atoms with van der Waals surface area (Å²) in [5, 5.41) is 0. The minimum atomic E-state index is -0.272. The van der Waals surface area contributed by atoms with Crippen LogP contribution in [0.2, 0.25) is 6.04 Å². The van der Waals surface area contributed by atoms with Gasteiger partial charge in [-0.1, -0.05) is 44.9 Å². The Morgan fingerprint density at radius 1 is 0.714 bits per heavy atom. The van der Waals surface area contributed by atoms with Crippen LogP contribution >= 0.6 is 12.6 Å². The molecule has 0 aromatic heterocycles. The fraction of sp³-hybridized carbons (Fsp3) is 1.00. The zero-order valence-corrected chi connectivity index (χ0v) is 16.3. The summed E-state index contributed by atoms with van der Waals surface area (Å²) in [5.41, 5.74) is 0. The summed E-state index contributed by atoms with van der Waals surface area (Å²) in [6.45, 7) is 3.06. The van der Waals surface area contributed by atoms with Crippen LogP contribution in [0.15, 0.2) is 0 Å². The molecule has 0 aliphatic carbocycles. The molecule has 0 rings (SSSR count). The Bertz CT molecular complexity index is 167. The number of hydrogen-bond acceptors (Lipinski definition) is 4. The molecule has 128 valence electrons. The van der Waals surface area contributed by atoms with Gasteiger partial charge in [-0.05, 0) is 24.6 Å². The summed E-state index contributed by atoms with van der Waals surface area (Å²) in [5.74, 6) is 1.05. The largest absolute Gasteiger partial charge is 0.424 e. The van der Waals surface area contributed by atoms with Crippen LogP contribution < -0.4 is 0 Å². The molecule has 0 aliphatic heterocycles. The van der Waals surface area contributed by atoms with Crippen LogP contribution in [-0.4, -0.2) is 49.1 Å². The molecule has 0 unspecified atom stereocenters. The lowest BCUT2D eigenvalue weighted by atomic mass is 10.1. The second-order valence-electron chi connectivity index (χ2n) is 5.48. The van der Waals surface area contributed by atoms with E-state index >= 15 is 0 Å². The zero-order chi connectivity index (χ0) is 15.4. The molecule has 0 bridgehead atoms. The molecule has 0 spiro atoms. The van der Waals surface area contributed by atoms with Gasteiger partial charge in [-0.2, -0.15) is 12.6 Å². The molecule has 3 nitrogen and oxygen atoms in total. The molecule has 5 heteroatoms. The van der Waals surface area contributed by atoms with Crippen molar-refractivity contribution in [2.45, 2.75) is 63.8 Å². The highest BCUT2D eigenvalue weighted by atomic mass is 32.1. The average Bonchev–Trinajstić information content (AvgIpc) is 2.50. The summed E-state index contributed by atoms with van der Waals surface area (Å²) in [4.78, 5) is 0. The van der Waals surface area contributed by atoms with Gasteiger partial charge in [0.1, 0.15) is 0 Å². The van der Waals surface area contributed by atoms with Crippen molar-refractivity contribution in [3.8, 4) is 0 Å². The van der Waals surface area contributed by atoms with Gasteiger partial charge in [0.05, 0.1) is 13.2 Å². The normalized spacial score (nSPS) is 11.7. The number of hydrogen-bond donors (Lipinski definition) is 1. The first-order valence-electron chi connectivity index (χ1n) is 8.67. The van der Waals surface area contributed by atoms with Crippen molar-refractivity contribution < 1.29 is 13.9 Å². The maximum Gasteiger partial charge on any atom is 0.161 e. The Balaban J connectivity index is 2.90. The second kappa shape index (κ2) is 20.4. The van der Waals surface area contributed by atoms with Gasteiger partial charge in [-0.25, -0.2) is 0 Å². The van der Waals surface area contributed by atoms with E-state index in [1.807, 2.05) is 0 Å². The van der Waals surface area contributed by atoms with Crippen molar-refractivity contribution in [2.75, 3.05) is 39.3 Å². The standard InChI is InChI=1S/C16H36O3SSi/c1-17-13-14-18-11-10-12-19-21-16-9-7-5-3-2-4-6-8-15-20/h20H,2-16,21H2,1H3. The maximum atomic E-state index is 5.73. The monoisotopic (exact) mass is 336 g/mol. The lowest BCUT2D eigenvalue weighted by Crippen LogP contribution is -2.07. The number of thiol groups is 1. The smallest absolute Gasteiger partial charge is 0.161 e. The minimum Gasteiger partial charge on any atom is -0.424 e. The third-order valence-corrected chi connectivity index (χ3v) is 5.14. The molecule has 0 radical (unpaired) electrons. The summed E-state index contributed by atoms with van der Waals surface area (Å²) < 4.78 is 16.0. The van der Waals surface area contributed by atoms with Gasteiger partial charge in [-0.3, -0.25) is 0 Å². The van der Waals surface area contributed by atoms with Crippen molar-refractivity contribution in [2.24, 2.45) is 0 Å². The molecule has 0 fully saturated rings. The summed E-state index contributed by atoms with van der Waals surface area (Å²) in [6.07, 6.45) is 12.0. The van der Waals surface area contributed by atoms with Crippen LogP contribution in [0.3, 0.4) is 0 Å². The summed E-state index contributed by atoms with van der Waals surface area (Å²) in [7, 11) is 1.42. The Kier molecular flexibility index (Phi) is 20.9. The highest BCUT2D eigenvalue weighted by molar-refractivity contribution is 7.80. The van der Waals surface area contributed by atoms with E-state index < -0.39 is 0 Å². The van der Waals surface area contributed by atoms with Crippen LogP contribution in [0, 0.1) is 0 Å². The molecule has 0 aliphatic rings. The lowest BCUT2D eigenvalue weighted by Gasteiger charge is -2.05. The fourth-order valence-corrected chi connectivity index (χ4v) is 3.56. The van der Waals surface area contributed by atoms with Gasteiger partial charge >= 0.3 is 0 Å². The van der Waals surface area contributed by atoms with Crippen molar-refractivity contribution in [3.63, 3.8) is 0 Å². The highest BCUT2D eigenvalue weighted by Crippen LogP contribution is 2.10. The highest BCUT2D eigenvalue weighted by Gasteiger charge is 1.94. The predicted octanol–water partition coefficient (Wildman–Crippen LogP) is 3.61. The van der Waals surface area contributed by atoms with Crippen LogP contribution in [0.1, 0.15) is 57.8 Å². The molecular weight excluding hydrogens is 300 g/mol. The van der Waals surface area contributed by atoms with E-state index in [9.17, 15) is 0 Å². The SMILES string of the molecule is COCCOCCCO[SiH2]CCCCCCCCCCS. The first-order valence-corrected chi connectivity index (χ1v) is 10.9. The number of rotatable bonds is 18. The molecule has 21 heavy (non-hydrogen) atoms. The van der Waals surface area contributed by atoms with Crippen LogP contribution in [0.5, 0.6) is 0 Å². The number of ether oxygens (including phenoxy) is 2. The van der Waals surface area contributed by atoms with E-state index in [0.717, 1.165) is 25.4 Å². The van der Waals surface area contributed by atoms with E-state index in [1.165, 1.54) is 57.4 Å². The van der Waals surface area contributed by atoms with Crippen molar-refractivity contribution >= 4 is 22.4 Å². The van der Waals surface area contributed by atoms with Crippen molar-refractivity contribution in [1.82, 2.24) is 0 Å². The third kappa shape index (κ3) is 20.4. The average molecular weight is 337 g/mol.